The van der Waals surface area contributed by atoms with E-state index in [1.807, 2.05) is 0 Å². The molecule has 0 unspecified atom stereocenters. The van der Waals surface area contributed by atoms with Crippen LogP contribution in [0.3, 0.4) is 0 Å². The quantitative estimate of drug-likeness (QED) is 0.618. The van der Waals surface area contributed by atoms with Gasteiger partial charge in [0.1, 0.15) is 5.02 Å². The lowest BCUT2D eigenvalue weighted by Gasteiger charge is -2.04. The fraction of sp³-hybridized carbons (Fsp3) is 0.556. The number of halogens is 3. The molecule has 15 heavy (non-hydrogen) atoms. The Morgan fingerprint density at radius 2 is 2.07 bits per heavy atom. The van der Waals surface area contributed by atoms with E-state index < -0.39 is 0 Å². The van der Waals surface area contributed by atoms with E-state index in [4.69, 9.17) is 23.2 Å². The standard InChI is InChI=1S/C9H11BrCl2N2O/c10-4-2-1-3-5-14-9(15)8(12)7(11)6-13-14/h6H,1-5H2. The van der Waals surface area contributed by atoms with Gasteiger partial charge in [-0.1, -0.05) is 45.6 Å². The third-order valence-electron chi connectivity index (χ3n) is 1.95. The molecule has 84 valence electrons. The molecule has 0 saturated carbocycles. The number of rotatable bonds is 5. The van der Waals surface area contributed by atoms with Crippen LogP contribution in [-0.4, -0.2) is 15.1 Å². The average Bonchev–Trinajstić information content (AvgIpc) is 2.24. The number of alkyl halides is 1. The van der Waals surface area contributed by atoms with Crippen molar-refractivity contribution in [1.82, 2.24) is 9.78 Å². The van der Waals surface area contributed by atoms with E-state index in [9.17, 15) is 4.79 Å². The number of hydrogen-bond donors (Lipinski definition) is 0. The molecule has 0 aromatic carbocycles. The molecule has 0 saturated heterocycles. The summed E-state index contributed by atoms with van der Waals surface area (Å²) in [6.07, 6.45) is 4.46. The Balaban J connectivity index is 2.63. The van der Waals surface area contributed by atoms with Crippen LogP contribution in [0.5, 0.6) is 0 Å². The first-order valence-corrected chi connectivity index (χ1v) is 6.51. The Morgan fingerprint density at radius 1 is 1.33 bits per heavy atom. The van der Waals surface area contributed by atoms with Crippen LogP contribution >= 0.6 is 39.1 Å². The number of aromatic nitrogens is 2. The van der Waals surface area contributed by atoms with Crippen molar-refractivity contribution in [2.24, 2.45) is 0 Å². The average molecular weight is 314 g/mol. The molecule has 0 spiro atoms. The highest BCUT2D eigenvalue weighted by atomic mass is 79.9. The highest BCUT2D eigenvalue weighted by Gasteiger charge is 2.06. The summed E-state index contributed by atoms with van der Waals surface area (Å²) >= 11 is 14.7. The molecule has 0 amide bonds. The predicted molar refractivity (Wildman–Crippen MR) is 66.2 cm³/mol. The minimum atomic E-state index is -0.317. The Bertz CT molecular complexity index is 381. The zero-order valence-corrected chi connectivity index (χ0v) is 11.1. The molecule has 0 radical (unpaired) electrons. The van der Waals surface area contributed by atoms with Crippen LogP contribution in [0.25, 0.3) is 0 Å². The second-order valence-electron chi connectivity index (χ2n) is 3.08. The van der Waals surface area contributed by atoms with Crippen molar-refractivity contribution in [2.75, 3.05) is 5.33 Å². The molecular formula is C9H11BrCl2N2O. The van der Waals surface area contributed by atoms with Crippen LogP contribution in [-0.2, 0) is 6.54 Å². The second-order valence-corrected chi connectivity index (χ2v) is 4.66. The van der Waals surface area contributed by atoms with E-state index in [0.29, 0.717) is 6.54 Å². The largest absolute Gasteiger partial charge is 0.287 e. The summed E-state index contributed by atoms with van der Waals surface area (Å²) in [5, 5.41) is 5.15. The van der Waals surface area contributed by atoms with Crippen LogP contribution in [0, 0.1) is 0 Å². The SMILES string of the molecule is O=c1c(Cl)c(Cl)cnn1CCCCCBr. The van der Waals surface area contributed by atoms with Crippen molar-refractivity contribution in [3.8, 4) is 0 Å². The normalized spacial score (nSPS) is 10.6. The van der Waals surface area contributed by atoms with Gasteiger partial charge in [-0.15, -0.1) is 0 Å². The number of aryl methyl sites for hydroxylation is 1. The topological polar surface area (TPSA) is 34.9 Å². The molecule has 0 atom stereocenters. The lowest BCUT2D eigenvalue weighted by Crippen LogP contribution is -2.23. The Hall–Kier alpha value is -0.0600. The summed E-state index contributed by atoms with van der Waals surface area (Å²) < 4.78 is 1.35. The molecule has 0 aliphatic rings. The van der Waals surface area contributed by atoms with Gasteiger partial charge in [-0.3, -0.25) is 4.79 Å². The summed E-state index contributed by atoms with van der Waals surface area (Å²) in [6, 6.07) is 0. The third kappa shape index (κ3) is 3.78. The van der Waals surface area contributed by atoms with Crippen molar-refractivity contribution in [1.29, 1.82) is 0 Å². The van der Waals surface area contributed by atoms with Crippen LogP contribution in [0.1, 0.15) is 19.3 Å². The lowest BCUT2D eigenvalue weighted by atomic mass is 10.2. The summed E-state index contributed by atoms with van der Waals surface area (Å²) in [4.78, 5) is 11.5. The van der Waals surface area contributed by atoms with Crippen molar-refractivity contribution >= 4 is 39.1 Å². The van der Waals surface area contributed by atoms with E-state index in [0.717, 1.165) is 24.6 Å². The van der Waals surface area contributed by atoms with Crippen LogP contribution in [0.2, 0.25) is 10.0 Å². The molecule has 1 heterocycles. The smallest absolute Gasteiger partial charge is 0.266 e. The predicted octanol–water partition coefficient (Wildman–Crippen LogP) is 3.12. The molecule has 0 aliphatic carbocycles. The first-order chi connectivity index (χ1) is 7.16. The van der Waals surface area contributed by atoms with Gasteiger partial charge in [-0.2, -0.15) is 5.10 Å². The number of nitrogens with zero attached hydrogens (tertiary/aromatic N) is 2. The Kier molecular flexibility index (Phi) is 5.64. The van der Waals surface area contributed by atoms with Gasteiger partial charge in [0.15, 0.2) is 0 Å². The maximum Gasteiger partial charge on any atom is 0.287 e. The highest BCUT2D eigenvalue weighted by Crippen LogP contribution is 2.14. The molecular weight excluding hydrogens is 303 g/mol. The fourth-order valence-corrected chi connectivity index (χ4v) is 1.80. The van der Waals surface area contributed by atoms with E-state index in [-0.39, 0.29) is 15.6 Å². The molecule has 0 N–H and O–H groups in total. The second kappa shape index (κ2) is 6.51. The van der Waals surface area contributed by atoms with E-state index >= 15 is 0 Å². The Morgan fingerprint density at radius 3 is 2.73 bits per heavy atom. The van der Waals surface area contributed by atoms with Gasteiger partial charge >= 0.3 is 0 Å². The van der Waals surface area contributed by atoms with Gasteiger partial charge in [-0.25, -0.2) is 4.68 Å². The summed E-state index contributed by atoms with van der Waals surface area (Å²) in [5.74, 6) is 0. The van der Waals surface area contributed by atoms with Crippen molar-refractivity contribution in [3.63, 3.8) is 0 Å². The van der Waals surface area contributed by atoms with E-state index in [1.165, 1.54) is 10.9 Å². The van der Waals surface area contributed by atoms with Gasteiger partial charge in [-0.05, 0) is 12.8 Å². The molecule has 1 rings (SSSR count). The summed E-state index contributed by atoms with van der Waals surface area (Å²) in [7, 11) is 0. The minimum Gasteiger partial charge on any atom is -0.266 e. The van der Waals surface area contributed by atoms with Gasteiger partial charge in [0, 0.05) is 11.9 Å². The molecule has 1 aromatic rings. The first kappa shape index (κ1) is 13.0. The van der Waals surface area contributed by atoms with Gasteiger partial charge < -0.3 is 0 Å². The van der Waals surface area contributed by atoms with E-state index in [2.05, 4.69) is 21.0 Å². The van der Waals surface area contributed by atoms with Crippen molar-refractivity contribution in [2.45, 2.75) is 25.8 Å². The van der Waals surface area contributed by atoms with Crippen LogP contribution in [0.4, 0.5) is 0 Å². The monoisotopic (exact) mass is 312 g/mol. The number of hydrogen-bond acceptors (Lipinski definition) is 2. The zero-order valence-electron chi connectivity index (χ0n) is 8.05. The molecule has 3 nitrogen and oxygen atoms in total. The fourth-order valence-electron chi connectivity index (χ4n) is 1.14. The van der Waals surface area contributed by atoms with Crippen LogP contribution < -0.4 is 5.56 Å². The molecule has 0 fully saturated rings. The van der Waals surface area contributed by atoms with Gasteiger partial charge in [0.05, 0.1) is 11.2 Å². The van der Waals surface area contributed by atoms with E-state index in [1.54, 1.807) is 0 Å². The Labute approximate surface area is 107 Å². The third-order valence-corrected chi connectivity index (χ3v) is 3.26. The zero-order chi connectivity index (χ0) is 11.3. The minimum absolute atomic E-state index is 0.0483. The molecule has 6 heteroatoms. The maximum absolute atomic E-state index is 11.5. The number of unbranched alkanes of at least 4 members (excludes halogenated alkanes) is 2. The van der Waals surface area contributed by atoms with Gasteiger partial charge in [0.25, 0.3) is 5.56 Å². The lowest BCUT2D eigenvalue weighted by molar-refractivity contribution is 0.530. The molecule has 0 bridgehead atoms. The van der Waals surface area contributed by atoms with Crippen LogP contribution in [0.15, 0.2) is 11.0 Å². The molecule has 1 aromatic heterocycles. The van der Waals surface area contributed by atoms with Crippen molar-refractivity contribution < 1.29 is 0 Å². The summed E-state index contributed by atoms with van der Waals surface area (Å²) in [5.41, 5.74) is -0.317. The summed E-state index contributed by atoms with van der Waals surface area (Å²) in [6.45, 7) is 0.586. The highest BCUT2D eigenvalue weighted by molar-refractivity contribution is 9.09. The maximum atomic E-state index is 11.5. The first-order valence-electron chi connectivity index (χ1n) is 4.64. The van der Waals surface area contributed by atoms with Crippen molar-refractivity contribution in [3.05, 3.63) is 26.6 Å². The van der Waals surface area contributed by atoms with Gasteiger partial charge in [0.2, 0.25) is 0 Å². The molecule has 0 aliphatic heterocycles.